The normalized spacial score (nSPS) is 13.5. The van der Waals surface area contributed by atoms with Crippen LogP contribution in [0.1, 0.15) is 264 Å². The second-order valence-electron chi connectivity index (χ2n) is 16.7. The molecule has 5 nitrogen and oxygen atoms in total. The summed E-state index contributed by atoms with van der Waals surface area (Å²) in [6, 6.07) is -0.821. The van der Waals surface area contributed by atoms with Crippen LogP contribution in [0, 0.1) is 0 Å². The van der Waals surface area contributed by atoms with Crippen LogP contribution in [0.5, 0.6) is 0 Å². The summed E-state index contributed by atoms with van der Waals surface area (Å²) in [5.41, 5.74) is 0. The van der Waals surface area contributed by atoms with Crippen molar-refractivity contribution in [1.29, 1.82) is 0 Å². The Bertz CT molecular complexity index is 743. The van der Waals surface area contributed by atoms with Crippen molar-refractivity contribution < 1.29 is 20.1 Å². The van der Waals surface area contributed by atoms with Gasteiger partial charge in [-0.1, -0.05) is 231 Å². The van der Waals surface area contributed by atoms with Gasteiger partial charge in [-0.2, -0.15) is 0 Å². The van der Waals surface area contributed by atoms with Gasteiger partial charge in [-0.15, -0.1) is 0 Å². The lowest BCUT2D eigenvalue weighted by molar-refractivity contribution is -0.124. The molecule has 0 saturated heterocycles. The maximum atomic E-state index is 12.5. The highest BCUT2D eigenvalue weighted by molar-refractivity contribution is 5.76. The van der Waals surface area contributed by atoms with Gasteiger partial charge in [0.15, 0.2) is 0 Å². The molecule has 0 aromatic rings. The molecule has 0 aliphatic rings. The van der Waals surface area contributed by atoms with E-state index < -0.39 is 18.2 Å². The number of carbonyl (C=O) groups excluding carboxylic acids is 1. The molecular formula is C48H95NO4. The van der Waals surface area contributed by atoms with Crippen molar-refractivity contribution >= 4 is 5.91 Å². The van der Waals surface area contributed by atoms with E-state index in [0.29, 0.717) is 12.8 Å². The molecule has 3 unspecified atom stereocenters. The third-order valence-electron chi connectivity index (χ3n) is 11.4. The summed E-state index contributed by atoms with van der Waals surface area (Å²) < 4.78 is 0. The molecule has 1 amide bonds. The number of carbonyl (C=O) groups is 1. The molecule has 0 radical (unpaired) electrons. The third kappa shape index (κ3) is 39.1. The van der Waals surface area contributed by atoms with Gasteiger partial charge in [0.2, 0.25) is 5.91 Å². The van der Waals surface area contributed by atoms with E-state index in [1.807, 2.05) is 0 Å². The number of aliphatic hydroxyl groups is 3. The van der Waals surface area contributed by atoms with E-state index in [2.05, 4.69) is 31.3 Å². The van der Waals surface area contributed by atoms with Crippen LogP contribution in [-0.2, 0) is 4.79 Å². The van der Waals surface area contributed by atoms with Crippen molar-refractivity contribution in [3.63, 3.8) is 0 Å². The predicted octanol–water partition coefficient (Wildman–Crippen LogP) is 14.0. The monoisotopic (exact) mass is 750 g/mol. The van der Waals surface area contributed by atoms with Crippen molar-refractivity contribution in [2.24, 2.45) is 0 Å². The molecule has 0 rings (SSSR count). The van der Waals surface area contributed by atoms with Crippen LogP contribution in [0.25, 0.3) is 0 Å². The Morgan fingerprint density at radius 2 is 0.755 bits per heavy atom. The zero-order valence-corrected chi connectivity index (χ0v) is 35.9. The summed E-state index contributed by atoms with van der Waals surface area (Å²) in [7, 11) is 0. The molecule has 0 fully saturated rings. The van der Waals surface area contributed by atoms with Gasteiger partial charge in [0, 0.05) is 6.42 Å². The van der Waals surface area contributed by atoms with Crippen molar-refractivity contribution in [2.45, 2.75) is 283 Å². The number of aliphatic hydroxyl groups excluding tert-OH is 3. The standard InChI is InChI=1S/C48H95NO4/c1-3-5-7-9-11-13-15-17-19-21-23-24-25-27-29-31-33-35-37-39-41-43-47(52)49-45(44-50)48(53)46(51)42-40-38-36-34-32-30-28-26-22-20-18-16-14-12-10-8-6-4-2/h34,36,45-46,48,50-51,53H,3-33,35,37-44H2,1-2H3,(H,49,52)/b36-34+. The van der Waals surface area contributed by atoms with Gasteiger partial charge in [0.25, 0.3) is 0 Å². The van der Waals surface area contributed by atoms with E-state index in [-0.39, 0.29) is 12.5 Å². The zero-order chi connectivity index (χ0) is 38.7. The number of nitrogens with one attached hydrogen (secondary N) is 1. The molecule has 0 aliphatic heterocycles. The fourth-order valence-electron chi connectivity index (χ4n) is 7.63. The lowest BCUT2D eigenvalue weighted by Gasteiger charge is -2.26. The summed E-state index contributed by atoms with van der Waals surface area (Å²) in [5.74, 6) is -0.149. The molecule has 4 N–H and O–H groups in total. The van der Waals surface area contributed by atoms with Crippen LogP contribution >= 0.6 is 0 Å². The highest BCUT2D eigenvalue weighted by Crippen LogP contribution is 2.17. The first-order valence-corrected chi connectivity index (χ1v) is 24.0. The number of allylic oxidation sites excluding steroid dienone is 2. The topological polar surface area (TPSA) is 89.8 Å². The Morgan fingerprint density at radius 3 is 1.09 bits per heavy atom. The minimum absolute atomic E-state index is 0.149. The third-order valence-corrected chi connectivity index (χ3v) is 11.4. The smallest absolute Gasteiger partial charge is 0.220 e. The predicted molar refractivity (Wildman–Crippen MR) is 232 cm³/mol. The van der Waals surface area contributed by atoms with Crippen LogP contribution in [0.3, 0.4) is 0 Å². The molecule has 0 aliphatic carbocycles. The minimum atomic E-state index is -1.15. The molecule has 316 valence electrons. The Hall–Kier alpha value is -0.910. The Balaban J connectivity index is 3.59. The first-order valence-electron chi connectivity index (χ1n) is 24.0. The van der Waals surface area contributed by atoms with E-state index >= 15 is 0 Å². The Morgan fingerprint density at radius 1 is 0.453 bits per heavy atom. The summed E-state index contributed by atoms with van der Waals surface area (Å²) in [6.07, 6.45) is 51.9. The van der Waals surface area contributed by atoms with Gasteiger partial charge in [-0.3, -0.25) is 4.79 Å². The van der Waals surface area contributed by atoms with Crippen molar-refractivity contribution in [3.8, 4) is 0 Å². The van der Waals surface area contributed by atoms with Gasteiger partial charge >= 0.3 is 0 Å². The van der Waals surface area contributed by atoms with Gasteiger partial charge in [-0.05, 0) is 38.5 Å². The van der Waals surface area contributed by atoms with Crippen LogP contribution in [0.2, 0.25) is 0 Å². The molecular weight excluding hydrogens is 655 g/mol. The van der Waals surface area contributed by atoms with Gasteiger partial charge < -0.3 is 20.6 Å². The number of hydrogen-bond acceptors (Lipinski definition) is 4. The number of unbranched alkanes of at least 4 members (excludes halogenated alkanes) is 34. The molecule has 0 bridgehead atoms. The first-order chi connectivity index (χ1) is 26.1. The van der Waals surface area contributed by atoms with E-state index in [0.717, 1.165) is 38.5 Å². The number of amides is 1. The van der Waals surface area contributed by atoms with Crippen LogP contribution in [-0.4, -0.2) is 46.1 Å². The second-order valence-corrected chi connectivity index (χ2v) is 16.7. The summed E-state index contributed by atoms with van der Waals surface area (Å²) in [5, 5.41) is 33.6. The van der Waals surface area contributed by atoms with Crippen LogP contribution in [0.4, 0.5) is 0 Å². The van der Waals surface area contributed by atoms with Crippen LogP contribution < -0.4 is 5.32 Å². The largest absolute Gasteiger partial charge is 0.394 e. The lowest BCUT2D eigenvalue weighted by atomic mass is 10.0. The van der Waals surface area contributed by atoms with Crippen molar-refractivity contribution in [3.05, 3.63) is 12.2 Å². The lowest BCUT2D eigenvalue weighted by Crippen LogP contribution is -2.50. The highest BCUT2D eigenvalue weighted by Gasteiger charge is 2.26. The maximum Gasteiger partial charge on any atom is 0.220 e. The van der Waals surface area contributed by atoms with Crippen molar-refractivity contribution in [1.82, 2.24) is 5.32 Å². The summed E-state index contributed by atoms with van der Waals surface area (Å²) in [4.78, 5) is 12.5. The van der Waals surface area contributed by atoms with E-state index in [1.54, 1.807) is 0 Å². The van der Waals surface area contributed by atoms with E-state index in [1.165, 1.54) is 199 Å². The summed E-state index contributed by atoms with van der Waals surface area (Å²) >= 11 is 0. The number of hydrogen-bond donors (Lipinski definition) is 4. The van der Waals surface area contributed by atoms with E-state index in [9.17, 15) is 20.1 Å². The highest BCUT2D eigenvalue weighted by atomic mass is 16.3. The van der Waals surface area contributed by atoms with Gasteiger partial charge in [0.1, 0.15) is 6.10 Å². The molecule has 0 heterocycles. The maximum absolute atomic E-state index is 12.5. The van der Waals surface area contributed by atoms with E-state index in [4.69, 9.17) is 0 Å². The molecule has 3 atom stereocenters. The zero-order valence-electron chi connectivity index (χ0n) is 35.9. The van der Waals surface area contributed by atoms with Crippen LogP contribution in [0.15, 0.2) is 12.2 Å². The molecule has 0 aromatic heterocycles. The fraction of sp³-hybridized carbons (Fsp3) is 0.938. The molecule has 53 heavy (non-hydrogen) atoms. The molecule has 5 heteroatoms. The molecule has 0 spiro atoms. The fourth-order valence-corrected chi connectivity index (χ4v) is 7.63. The average molecular weight is 750 g/mol. The van der Waals surface area contributed by atoms with Gasteiger partial charge in [0.05, 0.1) is 18.8 Å². The minimum Gasteiger partial charge on any atom is -0.394 e. The number of rotatable bonds is 44. The summed E-state index contributed by atoms with van der Waals surface area (Å²) in [6.45, 7) is 4.19. The molecule has 0 saturated carbocycles. The SMILES string of the molecule is CCCCCCCCCCCCCCC/C=C/CCCC(O)C(O)C(CO)NC(=O)CCCCCCCCCCCCCCCCCCCCCCC. The van der Waals surface area contributed by atoms with Gasteiger partial charge in [-0.25, -0.2) is 0 Å². The quantitative estimate of drug-likeness (QED) is 0.0369. The molecule has 0 aromatic carbocycles. The Kier molecular flexibility index (Phi) is 43.1. The Labute approximate surface area is 331 Å². The second kappa shape index (κ2) is 43.8. The van der Waals surface area contributed by atoms with Crippen molar-refractivity contribution in [2.75, 3.05) is 6.61 Å². The average Bonchev–Trinajstić information content (AvgIpc) is 3.16. The first kappa shape index (κ1) is 52.1.